The van der Waals surface area contributed by atoms with Crippen molar-refractivity contribution in [3.63, 3.8) is 0 Å². The van der Waals surface area contributed by atoms with E-state index in [-0.39, 0.29) is 17.9 Å². The molecule has 2 rings (SSSR count). The summed E-state index contributed by atoms with van der Waals surface area (Å²) in [5, 5.41) is 2.72. The second kappa shape index (κ2) is 3.55. The normalized spacial score (nSPS) is 27.9. The van der Waals surface area contributed by atoms with Gasteiger partial charge < -0.3 is 0 Å². The van der Waals surface area contributed by atoms with Crippen molar-refractivity contribution in [2.45, 2.75) is 25.3 Å². The SMILES string of the molecule is NN1CCC(NN2CCCC2=O)C1=O. The molecular weight excluding hydrogens is 184 g/mol. The molecule has 0 aromatic carbocycles. The van der Waals surface area contributed by atoms with Crippen molar-refractivity contribution < 1.29 is 9.59 Å². The molecule has 1 atom stereocenters. The third-order valence-corrected chi connectivity index (χ3v) is 2.62. The minimum Gasteiger partial charge on any atom is -0.279 e. The van der Waals surface area contributed by atoms with Gasteiger partial charge in [-0.1, -0.05) is 0 Å². The van der Waals surface area contributed by atoms with Crippen LogP contribution in [-0.2, 0) is 9.59 Å². The van der Waals surface area contributed by atoms with E-state index in [9.17, 15) is 9.59 Å². The lowest BCUT2D eigenvalue weighted by atomic mass is 10.3. The van der Waals surface area contributed by atoms with Crippen LogP contribution in [-0.4, -0.2) is 41.0 Å². The fraction of sp³-hybridized carbons (Fsp3) is 0.750. The van der Waals surface area contributed by atoms with Gasteiger partial charge in [0.15, 0.2) is 0 Å². The molecule has 2 amide bonds. The van der Waals surface area contributed by atoms with Crippen LogP contribution in [0.25, 0.3) is 0 Å². The maximum absolute atomic E-state index is 11.4. The van der Waals surface area contributed by atoms with Crippen LogP contribution in [0.1, 0.15) is 19.3 Å². The molecule has 2 heterocycles. The first-order chi connectivity index (χ1) is 6.68. The van der Waals surface area contributed by atoms with Crippen LogP contribution in [0.15, 0.2) is 0 Å². The van der Waals surface area contributed by atoms with Crippen molar-refractivity contribution in [3.8, 4) is 0 Å². The predicted octanol–water partition coefficient (Wildman–Crippen LogP) is -1.41. The Morgan fingerprint density at radius 2 is 2.14 bits per heavy atom. The van der Waals surface area contributed by atoms with Crippen LogP contribution in [0.3, 0.4) is 0 Å². The smallest absolute Gasteiger partial charge is 0.255 e. The molecule has 0 aliphatic carbocycles. The van der Waals surface area contributed by atoms with E-state index >= 15 is 0 Å². The molecule has 2 fully saturated rings. The van der Waals surface area contributed by atoms with Crippen molar-refractivity contribution in [1.29, 1.82) is 0 Å². The highest BCUT2D eigenvalue weighted by atomic mass is 16.2. The van der Waals surface area contributed by atoms with Gasteiger partial charge in [0, 0.05) is 19.5 Å². The second-order valence-electron chi connectivity index (χ2n) is 3.65. The van der Waals surface area contributed by atoms with E-state index in [0.29, 0.717) is 25.9 Å². The number of hydrazine groups is 2. The molecule has 6 nitrogen and oxygen atoms in total. The maximum Gasteiger partial charge on any atom is 0.255 e. The number of carbonyl (C=O) groups is 2. The standard InChI is InChI=1S/C8H14N4O2/c9-11-5-3-6(8(11)14)10-12-4-1-2-7(12)13/h6,10H,1-5,9H2. The molecule has 0 saturated carbocycles. The Kier molecular flexibility index (Phi) is 2.39. The summed E-state index contributed by atoms with van der Waals surface area (Å²) in [6, 6.07) is -0.318. The average Bonchev–Trinajstić information content (AvgIpc) is 2.68. The molecule has 3 N–H and O–H groups in total. The summed E-state index contributed by atoms with van der Waals surface area (Å²) >= 11 is 0. The fourth-order valence-electron chi connectivity index (χ4n) is 1.79. The number of amides is 2. The van der Waals surface area contributed by atoms with E-state index in [1.54, 1.807) is 0 Å². The lowest BCUT2D eigenvalue weighted by Gasteiger charge is -2.20. The third-order valence-electron chi connectivity index (χ3n) is 2.62. The molecule has 0 bridgehead atoms. The van der Waals surface area contributed by atoms with Crippen molar-refractivity contribution in [2.75, 3.05) is 13.1 Å². The van der Waals surface area contributed by atoms with E-state index in [0.717, 1.165) is 6.42 Å². The lowest BCUT2D eigenvalue weighted by Crippen LogP contribution is -2.49. The molecule has 0 aromatic heterocycles. The predicted molar refractivity (Wildman–Crippen MR) is 48.4 cm³/mol. The van der Waals surface area contributed by atoms with Gasteiger partial charge >= 0.3 is 0 Å². The molecule has 78 valence electrons. The first-order valence-electron chi connectivity index (χ1n) is 4.81. The molecule has 2 saturated heterocycles. The number of hydrogen-bond donors (Lipinski definition) is 2. The highest BCUT2D eigenvalue weighted by Crippen LogP contribution is 2.11. The van der Waals surface area contributed by atoms with Crippen LogP contribution in [0, 0.1) is 0 Å². The molecule has 0 spiro atoms. The van der Waals surface area contributed by atoms with E-state index in [1.807, 2.05) is 0 Å². The van der Waals surface area contributed by atoms with Gasteiger partial charge in [0.1, 0.15) is 6.04 Å². The van der Waals surface area contributed by atoms with Gasteiger partial charge in [0.2, 0.25) is 5.91 Å². The number of nitrogens with zero attached hydrogens (tertiary/aromatic N) is 2. The zero-order valence-corrected chi connectivity index (χ0v) is 7.90. The molecular formula is C8H14N4O2. The lowest BCUT2D eigenvalue weighted by molar-refractivity contribution is -0.135. The quantitative estimate of drug-likeness (QED) is 0.422. The number of carbonyl (C=O) groups excluding carboxylic acids is 2. The first-order valence-corrected chi connectivity index (χ1v) is 4.81. The highest BCUT2D eigenvalue weighted by Gasteiger charge is 2.33. The summed E-state index contributed by atoms with van der Waals surface area (Å²) in [5.74, 6) is 5.35. The minimum absolute atomic E-state index is 0.0632. The summed E-state index contributed by atoms with van der Waals surface area (Å²) in [7, 11) is 0. The van der Waals surface area contributed by atoms with E-state index in [1.165, 1.54) is 10.0 Å². The summed E-state index contributed by atoms with van der Waals surface area (Å²) in [6.07, 6.45) is 2.10. The Morgan fingerprint density at radius 3 is 2.64 bits per heavy atom. The van der Waals surface area contributed by atoms with Crippen LogP contribution in [0.4, 0.5) is 0 Å². The summed E-state index contributed by atoms with van der Waals surface area (Å²) in [6.45, 7) is 1.24. The Labute approximate surface area is 82.0 Å². The highest BCUT2D eigenvalue weighted by molar-refractivity contribution is 5.84. The van der Waals surface area contributed by atoms with E-state index in [4.69, 9.17) is 5.84 Å². The fourth-order valence-corrected chi connectivity index (χ4v) is 1.79. The van der Waals surface area contributed by atoms with Crippen LogP contribution in [0.2, 0.25) is 0 Å². The second-order valence-corrected chi connectivity index (χ2v) is 3.65. The number of hydrogen-bond acceptors (Lipinski definition) is 4. The zero-order chi connectivity index (χ0) is 10.1. The van der Waals surface area contributed by atoms with Crippen LogP contribution >= 0.6 is 0 Å². The Morgan fingerprint density at radius 1 is 1.36 bits per heavy atom. The topological polar surface area (TPSA) is 78.7 Å². The van der Waals surface area contributed by atoms with E-state index in [2.05, 4.69) is 5.43 Å². The molecule has 14 heavy (non-hydrogen) atoms. The summed E-state index contributed by atoms with van der Waals surface area (Å²) in [5.41, 5.74) is 2.92. The Hall–Kier alpha value is -1.14. The van der Waals surface area contributed by atoms with Crippen LogP contribution < -0.4 is 11.3 Å². The largest absolute Gasteiger partial charge is 0.279 e. The van der Waals surface area contributed by atoms with Crippen molar-refractivity contribution >= 4 is 11.8 Å². The number of rotatable bonds is 2. The van der Waals surface area contributed by atoms with Crippen molar-refractivity contribution in [1.82, 2.24) is 15.4 Å². The van der Waals surface area contributed by atoms with Gasteiger partial charge in [-0.25, -0.2) is 11.3 Å². The van der Waals surface area contributed by atoms with Gasteiger partial charge in [-0.3, -0.25) is 19.6 Å². The van der Waals surface area contributed by atoms with E-state index < -0.39 is 0 Å². The summed E-state index contributed by atoms with van der Waals surface area (Å²) < 4.78 is 0. The number of nitrogens with one attached hydrogen (secondary N) is 1. The molecule has 0 aromatic rings. The first kappa shape index (κ1) is 9.42. The van der Waals surface area contributed by atoms with Gasteiger partial charge in [-0.05, 0) is 12.8 Å². The molecule has 2 aliphatic heterocycles. The van der Waals surface area contributed by atoms with Gasteiger partial charge in [0.05, 0.1) is 0 Å². The molecule has 2 aliphatic rings. The Bertz CT molecular complexity index is 268. The Balaban J connectivity index is 1.91. The zero-order valence-electron chi connectivity index (χ0n) is 7.90. The van der Waals surface area contributed by atoms with Crippen LogP contribution in [0.5, 0.6) is 0 Å². The van der Waals surface area contributed by atoms with Gasteiger partial charge in [-0.15, -0.1) is 0 Å². The minimum atomic E-state index is -0.318. The number of nitrogens with two attached hydrogens (primary N) is 1. The van der Waals surface area contributed by atoms with Gasteiger partial charge in [-0.2, -0.15) is 0 Å². The third kappa shape index (κ3) is 1.58. The average molecular weight is 198 g/mol. The monoisotopic (exact) mass is 198 g/mol. The van der Waals surface area contributed by atoms with Crippen molar-refractivity contribution in [3.05, 3.63) is 0 Å². The summed E-state index contributed by atoms with van der Waals surface area (Å²) in [4.78, 5) is 22.7. The molecule has 6 heteroatoms. The molecule has 0 radical (unpaired) electrons. The van der Waals surface area contributed by atoms with Gasteiger partial charge in [0.25, 0.3) is 5.91 Å². The van der Waals surface area contributed by atoms with Crippen molar-refractivity contribution in [2.24, 2.45) is 5.84 Å². The molecule has 1 unspecified atom stereocenters. The maximum atomic E-state index is 11.4.